The number of nitrogens with one attached hydrogen (secondary N) is 1. The van der Waals surface area contributed by atoms with Crippen LogP contribution in [-0.2, 0) is 0 Å². The number of hydrogen-bond donors (Lipinski definition) is 1. The average molecular weight is 279 g/mol. The summed E-state index contributed by atoms with van der Waals surface area (Å²) in [6.45, 7) is 6.59. The first-order valence-corrected chi connectivity index (χ1v) is 8.02. The molecule has 21 heavy (non-hydrogen) atoms. The summed E-state index contributed by atoms with van der Waals surface area (Å²) in [5.74, 6) is 0.806. The largest absolute Gasteiger partial charge is 0.303 e. The van der Waals surface area contributed by atoms with Gasteiger partial charge in [0.25, 0.3) is 0 Å². The highest BCUT2D eigenvalue weighted by atomic mass is 15.0. The van der Waals surface area contributed by atoms with Crippen LogP contribution in [-0.4, -0.2) is 0 Å². The van der Waals surface area contributed by atoms with Crippen molar-refractivity contribution >= 4 is 0 Å². The van der Waals surface area contributed by atoms with Crippen LogP contribution in [0.4, 0.5) is 0 Å². The van der Waals surface area contributed by atoms with Gasteiger partial charge in [0.2, 0.25) is 0 Å². The average Bonchev–Trinajstić information content (AvgIpc) is 3.30. The number of benzene rings is 2. The Hall–Kier alpha value is -1.60. The normalized spacial score (nSPS) is 17.5. The van der Waals surface area contributed by atoms with Crippen molar-refractivity contribution in [3.05, 3.63) is 70.8 Å². The molecule has 3 rings (SSSR count). The fourth-order valence-electron chi connectivity index (χ4n) is 3.01. The Bertz CT molecular complexity index is 595. The van der Waals surface area contributed by atoms with E-state index in [4.69, 9.17) is 0 Å². The number of rotatable bonds is 5. The van der Waals surface area contributed by atoms with E-state index in [1.807, 2.05) is 0 Å². The third-order valence-electron chi connectivity index (χ3n) is 4.50. The molecule has 0 aliphatic heterocycles. The van der Waals surface area contributed by atoms with E-state index in [2.05, 4.69) is 74.6 Å². The maximum atomic E-state index is 3.86. The Morgan fingerprint density at radius 3 is 2.24 bits per heavy atom. The van der Waals surface area contributed by atoms with E-state index < -0.39 is 0 Å². The lowest BCUT2D eigenvalue weighted by Crippen LogP contribution is -2.26. The Morgan fingerprint density at radius 1 is 0.905 bits per heavy atom. The summed E-state index contributed by atoms with van der Waals surface area (Å²) in [6, 6.07) is 18.7. The van der Waals surface area contributed by atoms with Gasteiger partial charge in [0, 0.05) is 12.1 Å². The van der Waals surface area contributed by atoms with Crippen molar-refractivity contribution < 1.29 is 0 Å². The molecular weight excluding hydrogens is 254 g/mol. The molecule has 1 unspecified atom stereocenters. The van der Waals surface area contributed by atoms with Crippen molar-refractivity contribution in [2.75, 3.05) is 0 Å². The van der Waals surface area contributed by atoms with Crippen molar-refractivity contribution in [1.82, 2.24) is 5.32 Å². The molecule has 1 heteroatoms. The molecule has 1 nitrogen and oxygen atoms in total. The maximum Gasteiger partial charge on any atom is 0.0353 e. The zero-order valence-electron chi connectivity index (χ0n) is 13.3. The minimum atomic E-state index is 0.386. The van der Waals surface area contributed by atoms with Crippen LogP contribution >= 0.6 is 0 Å². The highest BCUT2D eigenvalue weighted by Crippen LogP contribution is 2.42. The molecule has 0 saturated heterocycles. The third kappa shape index (κ3) is 3.54. The summed E-state index contributed by atoms with van der Waals surface area (Å²) in [5.41, 5.74) is 5.48. The van der Waals surface area contributed by atoms with Crippen molar-refractivity contribution in [3.63, 3.8) is 0 Å². The molecule has 2 atom stereocenters. The summed E-state index contributed by atoms with van der Waals surface area (Å²) in [5, 5.41) is 3.86. The number of hydrogen-bond acceptors (Lipinski definition) is 1. The molecule has 1 saturated carbocycles. The smallest absolute Gasteiger partial charge is 0.0353 e. The molecule has 2 aromatic rings. The van der Waals surface area contributed by atoms with Gasteiger partial charge in [0.15, 0.2) is 0 Å². The lowest BCUT2D eigenvalue weighted by molar-refractivity contribution is 0.427. The van der Waals surface area contributed by atoms with E-state index in [0.717, 1.165) is 5.92 Å². The van der Waals surface area contributed by atoms with Gasteiger partial charge in [0.1, 0.15) is 0 Å². The first-order chi connectivity index (χ1) is 10.1. The van der Waals surface area contributed by atoms with Crippen LogP contribution in [0.15, 0.2) is 48.5 Å². The highest BCUT2D eigenvalue weighted by molar-refractivity contribution is 5.28. The molecule has 0 bridgehead atoms. The first kappa shape index (κ1) is 14.3. The molecule has 0 aromatic heterocycles. The highest BCUT2D eigenvalue weighted by Gasteiger charge is 2.33. The van der Waals surface area contributed by atoms with E-state index in [0.29, 0.717) is 12.1 Å². The van der Waals surface area contributed by atoms with Gasteiger partial charge < -0.3 is 5.32 Å². The van der Waals surface area contributed by atoms with E-state index in [1.165, 1.54) is 35.1 Å². The van der Waals surface area contributed by atoms with E-state index in [9.17, 15) is 0 Å². The van der Waals surface area contributed by atoms with Crippen LogP contribution in [0.3, 0.4) is 0 Å². The van der Waals surface area contributed by atoms with Gasteiger partial charge in [0.05, 0.1) is 0 Å². The number of aryl methyl sites for hydroxylation is 2. The summed E-state index contributed by atoms with van der Waals surface area (Å²) < 4.78 is 0. The van der Waals surface area contributed by atoms with E-state index >= 15 is 0 Å². The van der Waals surface area contributed by atoms with Gasteiger partial charge >= 0.3 is 0 Å². The molecule has 1 N–H and O–H groups in total. The second-order valence-corrected chi connectivity index (χ2v) is 6.53. The van der Waals surface area contributed by atoms with Crippen LogP contribution in [0.5, 0.6) is 0 Å². The van der Waals surface area contributed by atoms with Crippen molar-refractivity contribution in [2.45, 2.75) is 45.7 Å². The fourth-order valence-corrected chi connectivity index (χ4v) is 3.01. The summed E-state index contributed by atoms with van der Waals surface area (Å²) in [6.07, 6.45) is 2.71. The quantitative estimate of drug-likeness (QED) is 0.802. The van der Waals surface area contributed by atoms with Crippen molar-refractivity contribution in [3.8, 4) is 0 Å². The molecule has 110 valence electrons. The summed E-state index contributed by atoms with van der Waals surface area (Å²) >= 11 is 0. The van der Waals surface area contributed by atoms with Crippen molar-refractivity contribution in [1.29, 1.82) is 0 Å². The molecule has 0 amide bonds. The minimum absolute atomic E-state index is 0.386. The van der Waals surface area contributed by atoms with Gasteiger partial charge in [-0.3, -0.25) is 0 Å². The Kier molecular flexibility index (Phi) is 4.12. The van der Waals surface area contributed by atoms with Crippen LogP contribution in [0.2, 0.25) is 0 Å². The Labute approximate surface area is 128 Å². The van der Waals surface area contributed by atoms with Gasteiger partial charge in [-0.15, -0.1) is 0 Å². The molecule has 0 radical (unpaired) electrons. The molecular formula is C20H25N. The molecule has 0 spiro atoms. The Morgan fingerprint density at radius 2 is 1.62 bits per heavy atom. The van der Waals surface area contributed by atoms with Crippen LogP contribution in [0.25, 0.3) is 0 Å². The van der Waals surface area contributed by atoms with Crippen LogP contribution in [0, 0.1) is 19.8 Å². The summed E-state index contributed by atoms with van der Waals surface area (Å²) in [4.78, 5) is 0. The Balaban J connectivity index is 1.77. The molecule has 0 heterocycles. The van der Waals surface area contributed by atoms with E-state index in [1.54, 1.807) is 0 Å². The topological polar surface area (TPSA) is 12.0 Å². The van der Waals surface area contributed by atoms with Crippen LogP contribution in [0.1, 0.15) is 54.1 Å². The lowest BCUT2D eigenvalue weighted by Gasteiger charge is -2.24. The second-order valence-electron chi connectivity index (χ2n) is 6.53. The van der Waals surface area contributed by atoms with Gasteiger partial charge in [-0.2, -0.15) is 0 Å². The monoisotopic (exact) mass is 279 g/mol. The molecule has 1 aliphatic rings. The van der Waals surface area contributed by atoms with E-state index in [-0.39, 0.29) is 0 Å². The third-order valence-corrected chi connectivity index (χ3v) is 4.50. The maximum absolute atomic E-state index is 3.86. The molecule has 2 aromatic carbocycles. The second kappa shape index (κ2) is 6.03. The first-order valence-electron chi connectivity index (χ1n) is 8.02. The fraction of sp³-hybridized carbons (Fsp3) is 0.400. The molecule has 1 aliphatic carbocycles. The predicted octanol–water partition coefficient (Wildman–Crippen LogP) is 5.11. The SMILES string of the molecule is Cc1ccc(C(N[C@@H](C)c2cccc(C)c2)C2CC2)cc1. The molecule has 1 fully saturated rings. The zero-order valence-corrected chi connectivity index (χ0v) is 13.3. The standard InChI is InChI=1S/C20H25N/c1-14-7-9-17(10-8-14)20(18-11-12-18)21-16(3)19-6-4-5-15(2)13-19/h4-10,13,16,18,20-21H,11-12H2,1-3H3/t16-,20?/m0/s1. The lowest BCUT2D eigenvalue weighted by atomic mass is 9.98. The predicted molar refractivity (Wildman–Crippen MR) is 89.4 cm³/mol. The zero-order chi connectivity index (χ0) is 14.8. The summed E-state index contributed by atoms with van der Waals surface area (Å²) in [7, 11) is 0. The van der Waals surface area contributed by atoms with Crippen molar-refractivity contribution in [2.24, 2.45) is 5.92 Å². The van der Waals surface area contributed by atoms with Gasteiger partial charge in [-0.1, -0.05) is 59.7 Å². The van der Waals surface area contributed by atoms with Gasteiger partial charge in [-0.25, -0.2) is 0 Å². The van der Waals surface area contributed by atoms with Gasteiger partial charge in [-0.05, 0) is 50.7 Å². The van der Waals surface area contributed by atoms with Crippen LogP contribution < -0.4 is 5.32 Å². The minimum Gasteiger partial charge on any atom is -0.303 e.